The maximum atomic E-state index is 5.12. The van der Waals surface area contributed by atoms with Gasteiger partial charge in [-0.25, -0.2) is 9.97 Å². The lowest BCUT2D eigenvalue weighted by Crippen LogP contribution is -1.95. The summed E-state index contributed by atoms with van der Waals surface area (Å²) in [5, 5.41) is 7.33. The van der Waals surface area contributed by atoms with Crippen molar-refractivity contribution in [2.75, 3.05) is 12.5 Å². The van der Waals surface area contributed by atoms with Gasteiger partial charge >= 0.3 is 0 Å². The molecule has 0 aliphatic heterocycles. The molecular formula is C15H14N4OS. The average Bonchev–Trinajstić information content (AvgIpc) is 2.90. The Morgan fingerprint density at radius 3 is 2.81 bits per heavy atom. The van der Waals surface area contributed by atoms with Crippen LogP contribution in [0.2, 0.25) is 0 Å². The second-order valence-corrected chi connectivity index (χ2v) is 5.32. The second-order valence-electron chi connectivity index (χ2n) is 4.46. The SMILES string of the molecule is COc1ccc(/C=N\Nc2ncnc3scc(C)c23)cc1. The van der Waals surface area contributed by atoms with Gasteiger partial charge < -0.3 is 4.74 Å². The molecule has 6 heteroatoms. The second kappa shape index (κ2) is 5.88. The molecule has 106 valence electrons. The van der Waals surface area contributed by atoms with E-state index in [9.17, 15) is 0 Å². The van der Waals surface area contributed by atoms with Crippen molar-refractivity contribution in [2.24, 2.45) is 5.10 Å². The van der Waals surface area contributed by atoms with E-state index < -0.39 is 0 Å². The number of benzene rings is 1. The van der Waals surface area contributed by atoms with Crippen molar-refractivity contribution in [1.82, 2.24) is 9.97 Å². The van der Waals surface area contributed by atoms with Crippen LogP contribution in [0.25, 0.3) is 10.2 Å². The van der Waals surface area contributed by atoms with E-state index in [0.717, 1.165) is 32.9 Å². The Hall–Kier alpha value is -2.47. The first-order valence-electron chi connectivity index (χ1n) is 6.40. The number of anilines is 1. The van der Waals surface area contributed by atoms with Gasteiger partial charge in [-0.1, -0.05) is 0 Å². The Labute approximate surface area is 126 Å². The van der Waals surface area contributed by atoms with Gasteiger partial charge in [0.05, 0.1) is 18.7 Å². The summed E-state index contributed by atoms with van der Waals surface area (Å²) in [6.45, 7) is 2.04. The van der Waals surface area contributed by atoms with E-state index in [1.54, 1.807) is 31.0 Å². The summed E-state index contributed by atoms with van der Waals surface area (Å²) in [4.78, 5) is 9.46. The Bertz CT molecular complexity index is 780. The Morgan fingerprint density at radius 1 is 1.24 bits per heavy atom. The fraction of sp³-hybridized carbons (Fsp3) is 0.133. The van der Waals surface area contributed by atoms with Gasteiger partial charge in [-0.2, -0.15) is 5.10 Å². The molecule has 0 unspecified atom stereocenters. The molecule has 0 bridgehead atoms. The first-order chi connectivity index (χ1) is 10.3. The Balaban J connectivity index is 1.79. The molecule has 0 amide bonds. The number of nitrogens with zero attached hydrogens (tertiary/aromatic N) is 3. The standard InChI is InChI=1S/C15H14N4OS/c1-10-8-21-15-13(10)14(16-9-17-15)19-18-7-11-3-5-12(20-2)6-4-11/h3-9H,1-2H3,(H,16,17,19)/b18-7-. The minimum Gasteiger partial charge on any atom is -0.497 e. The van der Waals surface area contributed by atoms with Gasteiger partial charge in [0.1, 0.15) is 16.9 Å². The number of methoxy groups -OCH3 is 1. The number of fused-ring (bicyclic) bond motifs is 1. The van der Waals surface area contributed by atoms with E-state index in [1.807, 2.05) is 31.2 Å². The van der Waals surface area contributed by atoms with Crippen molar-refractivity contribution < 1.29 is 4.74 Å². The zero-order valence-electron chi connectivity index (χ0n) is 11.7. The molecule has 0 aliphatic rings. The van der Waals surface area contributed by atoms with Crippen LogP contribution in [0, 0.1) is 6.92 Å². The highest BCUT2D eigenvalue weighted by molar-refractivity contribution is 7.17. The van der Waals surface area contributed by atoms with Crippen LogP contribution in [-0.2, 0) is 0 Å². The Morgan fingerprint density at radius 2 is 2.05 bits per heavy atom. The number of hydrazone groups is 1. The van der Waals surface area contributed by atoms with Gasteiger partial charge in [0, 0.05) is 0 Å². The molecule has 2 heterocycles. The van der Waals surface area contributed by atoms with Gasteiger partial charge in [0.15, 0.2) is 5.82 Å². The molecular weight excluding hydrogens is 284 g/mol. The first kappa shape index (κ1) is 13.5. The monoisotopic (exact) mass is 298 g/mol. The summed E-state index contributed by atoms with van der Waals surface area (Å²) in [5.41, 5.74) is 5.12. The van der Waals surface area contributed by atoms with Crippen LogP contribution in [-0.4, -0.2) is 23.3 Å². The van der Waals surface area contributed by atoms with Crippen molar-refractivity contribution in [3.63, 3.8) is 0 Å². The molecule has 1 N–H and O–H groups in total. The van der Waals surface area contributed by atoms with Gasteiger partial charge in [0.2, 0.25) is 0 Å². The number of nitrogens with one attached hydrogen (secondary N) is 1. The zero-order valence-corrected chi connectivity index (χ0v) is 12.5. The minimum atomic E-state index is 0.725. The number of hydrogen-bond acceptors (Lipinski definition) is 6. The lowest BCUT2D eigenvalue weighted by atomic mass is 10.2. The molecule has 3 rings (SSSR count). The number of hydrogen-bond donors (Lipinski definition) is 1. The van der Waals surface area contributed by atoms with Gasteiger partial charge in [-0.05, 0) is 47.7 Å². The van der Waals surface area contributed by atoms with Gasteiger partial charge in [-0.3, -0.25) is 5.43 Å². The van der Waals surface area contributed by atoms with Gasteiger partial charge in [-0.15, -0.1) is 11.3 Å². The number of thiophene rings is 1. The molecule has 3 aromatic rings. The smallest absolute Gasteiger partial charge is 0.158 e. The van der Waals surface area contributed by atoms with Crippen LogP contribution in [0.4, 0.5) is 5.82 Å². The fourth-order valence-corrected chi connectivity index (χ4v) is 2.85. The first-order valence-corrected chi connectivity index (χ1v) is 7.28. The third-order valence-electron chi connectivity index (χ3n) is 3.05. The average molecular weight is 298 g/mol. The molecule has 21 heavy (non-hydrogen) atoms. The summed E-state index contributed by atoms with van der Waals surface area (Å²) >= 11 is 1.61. The normalized spacial score (nSPS) is 11.1. The Kier molecular flexibility index (Phi) is 3.79. The quantitative estimate of drug-likeness (QED) is 0.592. The molecule has 0 radical (unpaired) electrons. The third-order valence-corrected chi connectivity index (χ3v) is 4.06. The predicted molar refractivity (Wildman–Crippen MR) is 86.4 cm³/mol. The number of rotatable bonds is 4. The molecule has 0 spiro atoms. The highest BCUT2D eigenvalue weighted by Crippen LogP contribution is 2.28. The zero-order chi connectivity index (χ0) is 14.7. The lowest BCUT2D eigenvalue weighted by Gasteiger charge is -2.02. The van der Waals surface area contributed by atoms with E-state index >= 15 is 0 Å². The molecule has 1 aromatic carbocycles. The van der Waals surface area contributed by atoms with E-state index in [1.165, 1.54) is 0 Å². The third kappa shape index (κ3) is 2.85. The summed E-state index contributed by atoms with van der Waals surface area (Å²) in [5.74, 6) is 1.55. The number of ether oxygens (including phenoxy) is 1. The summed E-state index contributed by atoms with van der Waals surface area (Å²) in [7, 11) is 1.65. The van der Waals surface area contributed by atoms with Crippen LogP contribution in [0.5, 0.6) is 5.75 Å². The number of aromatic nitrogens is 2. The molecule has 5 nitrogen and oxygen atoms in total. The van der Waals surface area contributed by atoms with E-state index in [-0.39, 0.29) is 0 Å². The van der Waals surface area contributed by atoms with Crippen LogP contribution in [0.3, 0.4) is 0 Å². The predicted octanol–water partition coefficient (Wildman–Crippen LogP) is 3.45. The van der Waals surface area contributed by atoms with E-state index in [4.69, 9.17) is 4.74 Å². The molecule has 0 aliphatic carbocycles. The van der Waals surface area contributed by atoms with Crippen LogP contribution in [0.15, 0.2) is 41.1 Å². The van der Waals surface area contributed by atoms with Crippen molar-refractivity contribution in [2.45, 2.75) is 6.92 Å². The minimum absolute atomic E-state index is 0.725. The van der Waals surface area contributed by atoms with Crippen molar-refractivity contribution in [3.8, 4) is 5.75 Å². The van der Waals surface area contributed by atoms with E-state index in [2.05, 4.69) is 25.9 Å². The van der Waals surface area contributed by atoms with Crippen LogP contribution in [0.1, 0.15) is 11.1 Å². The maximum absolute atomic E-state index is 5.12. The van der Waals surface area contributed by atoms with E-state index in [0.29, 0.717) is 0 Å². The number of aryl methyl sites for hydroxylation is 1. The largest absolute Gasteiger partial charge is 0.497 e. The summed E-state index contributed by atoms with van der Waals surface area (Å²) in [6, 6.07) is 7.67. The van der Waals surface area contributed by atoms with Crippen molar-refractivity contribution in [1.29, 1.82) is 0 Å². The maximum Gasteiger partial charge on any atom is 0.158 e. The summed E-state index contributed by atoms with van der Waals surface area (Å²) in [6.07, 6.45) is 3.29. The highest BCUT2D eigenvalue weighted by Gasteiger charge is 2.07. The van der Waals surface area contributed by atoms with Crippen molar-refractivity contribution >= 4 is 33.6 Å². The molecule has 0 atom stereocenters. The topological polar surface area (TPSA) is 59.4 Å². The molecule has 0 fully saturated rings. The molecule has 2 aromatic heterocycles. The molecule has 0 saturated heterocycles. The van der Waals surface area contributed by atoms with Gasteiger partial charge in [0.25, 0.3) is 0 Å². The summed E-state index contributed by atoms with van der Waals surface area (Å²) < 4.78 is 5.12. The lowest BCUT2D eigenvalue weighted by molar-refractivity contribution is 0.415. The van der Waals surface area contributed by atoms with Crippen molar-refractivity contribution in [3.05, 3.63) is 47.1 Å². The molecule has 0 saturated carbocycles. The van der Waals surface area contributed by atoms with Crippen LogP contribution < -0.4 is 10.2 Å². The fourth-order valence-electron chi connectivity index (χ4n) is 1.96. The highest BCUT2D eigenvalue weighted by atomic mass is 32.1. The van der Waals surface area contributed by atoms with Crippen LogP contribution >= 0.6 is 11.3 Å².